The number of sulfonamides is 2. The first-order chi connectivity index (χ1) is 20.1. The zero-order chi connectivity index (χ0) is 30.3. The lowest BCUT2D eigenvalue weighted by atomic mass is 10.1. The summed E-state index contributed by atoms with van der Waals surface area (Å²) in [5, 5.41) is 2.77. The Morgan fingerprint density at radius 2 is 1.26 bits per heavy atom. The predicted molar refractivity (Wildman–Crippen MR) is 164 cm³/mol. The smallest absolute Gasteiger partial charge is 0.264 e. The monoisotopic (exact) mass is 607 g/mol. The Hall–Kier alpha value is -4.19. The number of methoxy groups -OCH3 is 1. The number of para-hydroxylation sites is 1. The Morgan fingerprint density at radius 1 is 0.714 bits per heavy atom. The number of benzene rings is 4. The van der Waals surface area contributed by atoms with Gasteiger partial charge in [-0.25, -0.2) is 16.8 Å². The standard InChI is InChI=1S/C31H33N3O6S2/c1-4-33(5-2)41(36,37)27-19-15-25(16-20-27)32-31(35)29-13-9-10-14-30(29)34(23-24-11-7-6-8-12-24)42(38,39)28-21-17-26(40-3)18-22-28/h6-22H,4-5,23H2,1-3H3,(H,32,35). The summed E-state index contributed by atoms with van der Waals surface area (Å²) in [4.78, 5) is 13.7. The van der Waals surface area contributed by atoms with Crippen molar-refractivity contribution in [3.63, 3.8) is 0 Å². The van der Waals surface area contributed by atoms with E-state index in [4.69, 9.17) is 4.74 Å². The van der Waals surface area contributed by atoms with Gasteiger partial charge in [-0.15, -0.1) is 0 Å². The molecule has 0 aliphatic heterocycles. The summed E-state index contributed by atoms with van der Waals surface area (Å²) in [5.74, 6) is -0.0350. The number of nitrogens with one attached hydrogen (secondary N) is 1. The zero-order valence-electron chi connectivity index (χ0n) is 23.6. The van der Waals surface area contributed by atoms with Crippen molar-refractivity contribution in [2.24, 2.45) is 0 Å². The Kier molecular flexibility index (Phi) is 9.66. The van der Waals surface area contributed by atoms with Crippen LogP contribution in [0.1, 0.15) is 29.8 Å². The van der Waals surface area contributed by atoms with Crippen LogP contribution in [0.5, 0.6) is 5.75 Å². The van der Waals surface area contributed by atoms with Crippen molar-refractivity contribution in [2.75, 3.05) is 29.8 Å². The Bertz CT molecular complexity index is 1720. The predicted octanol–water partition coefficient (Wildman–Crippen LogP) is 5.37. The van der Waals surface area contributed by atoms with E-state index in [1.807, 2.05) is 30.3 Å². The van der Waals surface area contributed by atoms with E-state index in [1.165, 1.54) is 52.1 Å². The summed E-state index contributed by atoms with van der Waals surface area (Å²) in [6.45, 7) is 4.20. The van der Waals surface area contributed by atoms with E-state index in [0.29, 0.717) is 24.5 Å². The van der Waals surface area contributed by atoms with E-state index in [-0.39, 0.29) is 27.6 Å². The number of carbonyl (C=O) groups excluding carboxylic acids is 1. The second kappa shape index (κ2) is 13.2. The minimum Gasteiger partial charge on any atom is -0.497 e. The van der Waals surface area contributed by atoms with Gasteiger partial charge in [-0.1, -0.05) is 56.3 Å². The first-order valence-corrected chi connectivity index (χ1v) is 16.2. The van der Waals surface area contributed by atoms with Gasteiger partial charge >= 0.3 is 0 Å². The molecule has 0 fully saturated rings. The SMILES string of the molecule is CCN(CC)S(=O)(=O)c1ccc(NC(=O)c2ccccc2N(Cc2ccccc2)S(=O)(=O)c2ccc(OC)cc2)cc1. The third kappa shape index (κ3) is 6.64. The maximum absolute atomic E-state index is 14.0. The fraction of sp³-hybridized carbons (Fsp3) is 0.194. The minimum atomic E-state index is -4.12. The van der Waals surface area contributed by atoms with E-state index in [9.17, 15) is 21.6 Å². The van der Waals surface area contributed by atoms with Gasteiger partial charge in [-0.3, -0.25) is 9.10 Å². The Morgan fingerprint density at radius 3 is 1.86 bits per heavy atom. The van der Waals surface area contributed by atoms with E-state index < -0.39 is 26.0 Å². The van der Waals surface area contributed by atoms with Crippen molar-refractivity contribution >= 4 is 37.3 Å². The van der Waals surface area contributed by atoms with Gasteiger partial charge in [0.2, 0.25) is 10.0 Å². The van der Waals surface area contributed by atoms with Crippen LogP contribution in [-0.4, -0.2) is 47.2 Å². The highest BCUT2D eigenvalue weighted by Crippen LogP contribution is 2.31. The van der Waals surface area contributed by atoms with Crippen LogP contribution in [0, 0.1) is 0 Å². The number of rotatable bonds is 12. The quantitative estimate of drug-likeness (QED) is 0.232. The molecule has 0 aliphatic rings. The highest BCUT2D eigenvalue weighted by atomic mass is 32.2. The molecule has 0 unspecified atom stereocenters. The molecule has 42 heavy (non-hydrogen) atoms. The molecule has 0 bridgehead atoms. The first-order valence-electron chi connectivity index (χ1n) is 13.3. The van der Waals surface area contributed by atoms with E-state index >= 15 is 0 Å². The second-order valence-corrected chi connectivity index (χ2v) is 13.1. The number of amides is 1. The fourth-order valence-electron chi connectivity index (χ4n) is 4.43. The van der Waals surface area contributed by atoms with E-state index in [0.717, 1.165) is 5.56 Å². The molecule has 0 heterocycles. The maximum Gasteiger partial charge on any atom is 0.264 e. The summed E-state index contributed by atoms with van der Waals surface area (Å²) in [6, 6.07) is 27.5. The summed E-state index contributed by atoms with van der Waals surface area (Å²) in [7, 11) is -6.27. The molecular formula is C31H33N3O6S2. The summed E-state index contributed by atoms with van der Waals surface area (Å²) in [6.07, 6.45) is 0. The number of nitrogens with zero attached hydrogens (tertiary/aromatic N) is 2. The van der Waals surface area contributed by atoms with Crippen LogP contribution in [0.25, 0.3) is 0 Å². The molecule has 4 aromatic rings. The number of ether oxygens (including phenoxy) is 1. The second-order valence-electron chi connectivity index (χ2n) is 9.26. The molecule has 0 radical (unpaired) electrons. The van der Waals surface area contributed by atoms with Crippen LogP contribution >= 0.6 is 0 Å². The molecule has 0 atom stereocenters. The van der Waals surface area contributed by atoms with Crippen molar-refractivity contribution < 1.29 is 26.4 Å². The molecule has 4 rings (SSSR count). The van der Waals surface area contributed by atoms with Gasteiger partial charge in [0.25, 0.3) is 15.9 Å². The number of anilines is 2. The van der Waals surface area contributed by atoms with Crippen LogP contribution < -0.4 is 14.4 Å². The molecule has 0 spiro atoms. The van der Waals surface area contributed by atoms with Gasteiger partial charge in [-0.2, -0.15) is 4.31 Å². The highest BCUT2D eigenvalue weighted by Gasteiger charge is 2.29. The average Bonchev–Trinajstić information content (AvgIpc) is 3.01. The molecule has 0 aromatic heterocycles. The molecule has 0 aliphatic carbocycles. The van der Waals surface area contributed by atoms with Gasteiger partial charge < -0.3 is 10.1 Å². The Balaban J connectivity index is 1.69. The molecule has 220 valence electrons. The van der Waals surface area contributed by atoms with Crippen LogP contribution in [0.15, 0.2) is 113 Å². The third-order valence-electron chi connectivity index (χ3n) is 6.69. The van der Waals surface area contributed by atoms with Crippen molar-refractivity contribution in [3.05, 3.63) is 114 Å². The molecule has 1 amide bonds. The van der Waals surface area contributed by atoms with Crippen LogP contribution in [0.3, 0.4) is 0 Å². The van der Waals surface area contributed by atoms with Gasteiger partial charge in [0.05, 0.1) is 34.7 Å². The maximum atomic E-state index is 14.0. The van der Waals surface area contributed by atoms with Gasteiger partial charge in [0.1, 0.15) is 5.75 Å². The molecule has 11 heteroatoms. The lowest BCUT2D eigenvalue weighted by Gasteiger charge is -2.27. The van der Waals surface area contributed by atoms with Crippen LogP contribution in [0.2, 0.25) is 0 Å². The largest absolute Gasteiger partial charge is 0.497 e. The number of hydrogen-bond donors (Lipinski definition) is 1. The van der Waals surface area contributed by atoms with Gasteiger partial charge in [-0.05, 0) is 66.2 Å². The van der Waals surface area contributed by atoms with Crippen molar-refractivity contribution in [1.82, 2.24) is 4.31 Å². The highest BCUT2D eigenvalue weighted by molar-refractivity contribution is 7.92. The van der Waals surface area contributed by atoms with Gasteiger partial charge in [0, 0.05) is 18.8 Å². The average molecular weight is 608 g/mol. The van der Waals surface area contributed by atoms with Crippen molar-refractivity contribution in [2.45, 2.75) is 30.2 Å². The normalized spacial score (nSPS) is 11.7. The van der Waals surface area contributed by atoms with E-state index in [1.54, 1.807) is 50.2 Å². The molecular weight excluding hydrogens is 574 g/mol. The van der Waals surface area contributed by atoms with Gasteiger partial charge in [0.15, 0.2) is 0 Å². The molecule has 0 saturated carbocycles. The molecule has 0 saturated heterocycles. The third-order valence-corrected chi connectivity index (χ3v) is 10.5. The first kappa shape index (κ1) is 30.8. The van der Waals surface area contributed by atoms with E-state index in [2.05, 4.69) is 5.32 Å². The number of carbonyl (C=O) groups is 1. The van der Waals surface area contributed by atoms with Crippen molar-refractivity contribution in [3.8, 4) is 5.75 Å². The summed E-state index contributed by atoms with van der Waals surface area (Å²) < 4.78 is 61.4. The molecule has 4 aromatic carbocycles. The lowest BCUT2D eigenvalue weighted by molar-refractivity contribution is 0.102. The Labute approximate surface area is 247 Å². The molecule has 9 nitrogen and oxygen atoms in total. The summed E-state index contributed by atoms with van der Waals surface area (Å²) in [5.41, 5.74) is 1.41. The van der Waals surface area contributed by atoms with Crippen LogP contribution in [0.4, 0.5) is 11.4 Å². The van der Waals surface area contributed by atoms with Crippen LogP contribution in [-0.2, 0) is 26.6 Å². The lowest BCUT2D eigenvalue weighted by Crippen LogP contribution is -2.32. The van der Waals surface area contributed by atoms with Crippen molar-refractivity contribution in [1.29, 1.82) is 0 Å². The number of hydrogen-bond acceptors (Lipinski definition) is 6. The minimum absolute atomic E-state index is 0.0165. The zero-order valence-corrected chi connectivity index (χ0v) is 25.2. The summed E-state index contributed by atoms with van der Waals surface area (Å²) >= 11 is 0. The topological polar surface area (TPSA) is 113 Å². The fourth-order valence-corrected chi connectivity index (χ4v) is 7.36. The molecule has 1 N–H and O–H groups in total.